The van der Waals surface area contributed by atoms with Crippen LogP contribution >= 0.6 is 0 Å². The fourth-order valence-electron chi connectivity index (χ4n) is 9.70. The maximum Gasteiger partial charge on any atom is -0.0534 e. The Morgan fingerprint density at radius 1 is 0.891 bits per heavy atom. The predicted octanol–water partition coefficient (Wildman–Crippen LogP) is 5.98. The fourth-order valence-corrected chi connectivity index (χ4v) is 9.70. The van der Waals surface area contributed by atoms with Crippen LogP contribution in [0.4, 0.5) is 0 Å². The molecule has 6 aliphatic carbocycles. The van der Waals surface area contributed by atoms with E-state index in [0.29, 0.717) is 5.92 Å². The summed E-state index contributed by atoms with van der Waals surface area (Å²) in [5.74, 6) is 3.13. The van der Waals surface area contributed by atoms with Gasteiger partial charge in [-0.1, -0.05) is 151 Å². The molecule has 3 heteroatoms. The summed E-state index contributed by atoms with van der Waals surface area (Å²) in [7, 11) is 0. The van der Waals surface area contributed by atoms with Gasteiger partial charge < -0.3 is 24.8 Å². The van der Waals surface area contributed by atoms with Gasteiger partial charge in [-0.2, -0.15) is 22.8 Å². The van der Waals surface area contributed by atoms with Gasteiger partial charge in [-0.05, 0) is 40.6 Å². The van der Waals surface area contributed by atoms with Crippen LogP contribution in [0.2, 0.25) is 0 Å². The molecule has 6 aliphatic rings. The molecule has 2 fully saturated rings. The number of hydrogen-bond acceptors (Lipinski definition) is 0. The maximum absolute atomic E-state index is 3.25. The Labute approximate surface area is 310 Å². The van der Waals surface area contributed by atoms with E-state index < -0.39 is 0 Å². The first-order valence-corrected chi connectivity index (χ1v) is 18.8. The summed E-state index contributed by atoms with van der Waals surface area (Å²) in [6.45, 7) is 24.5. The van der Waals surface area contributed by atoms with Crippen molar-refractivity contribution in [2.75, 3.05) is 0 Å². The zero-order valence-electron chi connectivity index (χ0n) is 30.4. The number of fused-ring (bicyclic) bond motifs is 6. The Balaban J connectivity index is 0.000000283. The average Bonchev–Trinajstić information content (AvgIpc) is 3.66. The van der Waals surface area contributed by atoms with Crippen LogP contribution < -0.4 is 24.8 Å². The van der Waals surface area contributed by atoms with Crippen LogP contribution in [0.15, 0.2) is 70.9 Å². The summed E-state index contributed by atoms with van der Waals surface area (Å²) in [5, 5.41) is 0. The van der Waals surface area contributed by atoms with Crippen LogP contribution in [0.5, 0.6) is 0 Å². The topological polar surface area (TPSA) is 0 Å². The summed E-state index contributed by atoms with van der Waals surface area (Å²) in [6.07, 6.45) is 24.5. The van der Waals surface area contributed by atoms with Crippen molar-refractivity contribution < 1.29 is 49.0 Å². The zero-order valence-corrected chi connectivity index (χ0v) is 34.4. The Bertz CT molecular complexity index is 1430. The SMILES string of the molecule is C[C-]1C2=C3Cc4ccccc4C3=C3C=CCCC3C2(C)C(C)(C)C(C)(C)C1(C)C.C[C](C)=[Zr+2].[C-]1=CC(C2CCCCC2)=CC1.[Cl-].[Cl-]. The first kappa shape index (κ1) is 39.6. The molecule has 2 unspecified atom stereocenters. The van der Waals surface area contributed by atoms with Gasteiger partial charge in [0.2, 0.25) is 0 Å². The van der Waals surface area contributed by atoms with Crippen molar-refractivity contribution >= 4 is 8.78 Å². The minimum atomic E-state index is 0. The van der Waals surface area contributed by atoms with Crippen LogP contribution in [0.25, 0.3) is 5.57 Å². The van der Waals surface area contributed by atoms with E-state index in [-0.39, 0.29) is 46.5 Å². The molecule has 0 aliphatic heterocycles. The third-order valence-corrected chi connectivity index (χ3v) is 13.6. The van der Waals surface area contributed by atoms with E-state index in [0.717, 1.165) is 18.8 Å². The molecule has 1 aromatic carbocycles. The second kappa shape index (κ2) is 14.9. The molecule has 250 valence electrons. The number of rotatable bonds is 1. The fraction of sp³-hybridized carbons (Fsp3) is 0.581. The van der Waals surface area contributed by atoms with E-state index in [4.69, 9.17) is 0 Å². The van der Waals surface area contributed by atoms with Crippen LogP contribution in [-0.4, -0.2) is 3.21 Å². The molecule has 0 nitrogen and oxygen atoms in total. The maximum atomic E-state index is 3.25. The van der Waals surface area contributed by atoms with Crippen molar-refractivity contribution in [3.05, 3.63) is 94.0 Å². The minimum absolute atomic E-state index is 0. The predicted molar refractivity (Wildman–Crippen MR) is 188 cm³/mol. The number of hydrogen-bond donors (Lipinski definition) is 0. The average molecular weight is 737 g/mol. The smallest absolute Gasteiger partial charge is 0.0534 e. The Morgan fingerprint density at radius 2 is 1.52 bits per heavy atom. The molecule has 0 heterocycles. The van der Waals surface area contributed by atoms with Gasteiger partial charge in [0.25, 0.3) is 0 Å². The van der Waals surface area contributed by atoms with Crippen molar-refractivity contribution in [1.29, 1.82) is 0 Å². The third kappa shape index (κ3) is 6.43. The number of benzene rings is 1. The normalized spacial score (nSPS) is 27.7. The van der Waals surface area contributed by atoms with E-state index in [1.54, 1.807) is 58.0 Å². The van der Waals surface area contributed by atoms with Crippen LogP contribution in [0, 0.1) is 45.5 Å². The first-order chi connectivity index (χ1) is 20.7. The molecular weight excluding hydrogens is 679 g/mol. The molecule has 0 amide bonds. The standard InChI is InChI=1S/C29H37.C11H15.C3H6.2ClH.Zr/c1-18-25-22-17-19-13-9-10-14-20(19)24(22)21-15-11-12-16-23(21)29(25,8)28(6,7)27(4,5)26(18,2)3;1-2-6-10(7-3-1)11-8-4-5-9-11;1-3-2;;;/h9-11,13-15,23H,12,16-17H2,1-8H3;8-10H,1-4,6-7H2;1-2H3;2*1H;/q2*-1;;;;+2/p-2. The van der Waals surface area contributed by atoms with Crippen LogP contribution in [-0.2, 0) is 30.7 Å². The number of allylic oxidation sites excluding steroid dienone is 10. The first-order valence-electron chi connectivity index (χ1n) is 17.5. The van der Waals surface area contributed by atoms with Gasteiger partial charge in [0.15, 0.2) is 0 Å². The van der Waals surface area contributed by atoms with E-state index >= 15 is 0 Å². The molecule has 0 saturated heterocycles. The molecule has 0 aromatic heterocycles. The van der Waals surface area contributed by atoms with Gasteiger partial charge in [0.1, 0.15) is 0 Å². The summed E-state index contributed by atoms with van der Waals surface area (Å²) in [5.41, 5.74) is 11.9. The van der Waals surface area contributed by atoms with E-state index in [1.165, 1.54) is 59.3 Å². The van der Waals surface area contributed by atoms with Crippen LogP contribution in [0.3, 0.4) is 0 Å². The molecule has 2 atom stereocenters. The Morgan fingerprint density at radius 3 is 2.13 bits per heavy atom. The van der Waals surface area contributed by atoms with Gasteiger partial charge in [0, 0.05) is 0 Å². The van der Waals surface area contributed by atoms with Crippen molar-refractivity contribution in [3.8, 4) is 0 Å². The molecule has 2 saturated carbocycles. The molecule has 0 spiro atoms. The van der Waals surface area contributed by atoms with E-state index in [9.17, 15) is 0 Å². The van der Waals surface area contributed by atoms with Gasteiger partial charge in [-0.3, -0.25) is 6.08 Å². The summed E-state index contributed by atoms with van der Waals surface area (Å²) >= 11 is 1.55. The van der Waals surface area contributed by atoms with Crippen LogP contribution in [0.1, 0.15) is 132 Å². The second-order valence-corrected chi connectivity index (χ2v) is 18.8. The molecule has 46 heavy (non-hydrogen) atoms. The largest absolute Gasteiger partial charge is 1.00 e. The van der Waals surface area contributed by atoms with Gasteiger partial charge >= 0.3 is 41.3 Å². The summed E-state index contributed by atoms with van der Waals surface area (Å²) in [6, 6.07) is 9.16. The molecular formula is C43H58Cl2Zr-2. The Kier molecular flexibility index (Phi) is 12.8. The van der Waals surface area contributed by atoms with Crippen molar-refractivity contribution in [2.24, 2.45) is 33.5 Å². The van der Waals surface area contributed by atoms with Crippen molar-refractivity contribution in [3.63, 3.8) is 0 Å². The quantitative estimate of drug-likeness (QED) is 0.312. The molecule has 0 radical (unpaired) electrons. The van der Waals surface area contributed by atoms with E-state index in [2.05, 4.69) is 124 Å². The van der Waals surface area contributed by atoms with E-state index in [1.807, 2.05) is 0 Å². The molecule has 1 aromatic rings. The summed E-state index contributed by atoms with van der Waals surface area (Å²) < 4.78 is 1.51. The van der Waals surface area contributed by atoms with Crippen molar-refractivity contribution in [2.45, 2.75) is 127 Å². The minimum Gasteiger partial charge on any atom is -1.00 e. The van der Waals surface area contributed by atoms with Gasteiger partial charge in [-0.25, -0.2) is 12.0 Å². The molecule has 7 rings (SSSR count). The van der Waals surface area contributed by atoms with Crippen molar-refractivity contribution in [1.82, 2.24) is 0 Å². The van der Waals surface area contributed by atoms with Gasteiger partial charge in [0.05, 0.1) is 0 Å². The monoisotopic (exact) mass is 734 g/mol. The van der Waals surface area contributed by atoms with Gasteiger partial charge in [-0.15, -0.1) is 13.3 Å². The molecule has 0 N–H and O–H groups in total. The number of halogens is 2. The second-order valence-electron chi connectivity index (χ2n) is 16.3. The summed E-state index contributed by atoms with van der Waals surface area (Å²) in [4.78, 5) is 0. The third-order valence-electron chi connectivity index (χ3n) is 13.6. The Hall–Kier alpha value is -0.877. The molecule has 0 bridgehead atoms. The zero-order chi connectivity index (χ0) is 32.1.